The van der Waals surface area contributed by atoms with Gasteiger partial charge in [0.15, 0.2) is 5.82 Å². The van der Waals surface area contributed by atoms with Crippen molar-refractivity contribution < 1.29 is 14.3 Å². The van der Waals surface area contributed by atoms with Gasteiger partial charge in [-0.15, -0.1) is 5.10 Å². The van der Waals surface area contributed by atoms with Crippen LogP contribution in [-0.4, -0.2) is 39.8 Å². The fraction of sp³-hybridized carbons (Fsp3) is 0.300. The van der Waals surface area contributed by atoms with Crippen LogP contribution in [0.4, 0.5) is 5.69 Å². The Morgan fingerprint density at radius 1 is 1.18 bits per heavy atom. The van der Waals surface area contributed by atoms with Crippen LogP contribution in [0, 0.1) is 0 Å². The minimum absolute atomic E-state index is 0.118. The first-order valence-electron chi connectivity index (χ1n) is 9.18. The number of ether oxygens (including phenoxy) is 2. The Hall–Kier alpha value is -3.42. The lowest BCUT2D eigenvalue weighted by Crippen LogP contribution is -2.15. The highest BCUT2D eigenvalue weighted by Crippen LogP contribution is 2.36. The molecule has 1 N–H and O–H groups in total. The Morgan fingerprint density at radius 3 is 2.71 bits per heavy atom. The summed E-state index contributed by atoms with van der Waals surface area (Å²) in [5, 5.41) is 14.9. The molecule has 0 spiro atoms. The van der Waals surface area contributed by atoms with Gasteiger partial charge in [0.1, 0.15) is 11.5 Å². The summed E-state index contributed by atoms with van der Waals surface area (Å²) in [7, 11) is 1.61. The van der Waals surface area contributed by atoms with Gasteiger partial charge in [-0.3, -0.25) is 4.79 Å². The van der Waals surface area contributed by atoms with Crippen LogP contribution in [0.1, 0.15) is 25.3 Å². The molecule has 1 amide bonds. The summed E-state index contributed by atoms with van der Waals surface area (Å²) in [6, 6.07) is 15.2. The summed E-state index contributed by atoms with van der Waals surface area (Å²) in [6.07, 6.45) is 2.45. The zero-order chi connectivity index (χ0) is 19.3. The molecule has 1 fully saturated rings. The molecule has 8 nitrogen and oxygen atoms in total. The Bertz CT molecular complexity index is 950. The summed E-state index contributed by atoms with van der Waals surface area (Å²) in [5.74, 6) is 2.06. The molecule has 1 aliphatic rings. The molecule has 0 radical (unpaired) electrons. The molecule has 8 heteroatoms. The van der Waals surface area contributed by atoms with Crippen molar-refractivity contribution in [2.45, 2.75) is 25.3 Å². The first kappa shape index (κ1) is 18.0. The van der Waals surface area contributed by atoms with E-state index in [1.54, 1.807) is 7.11 Å². The third-order valence-electron chi connectivity index (χ3n) is 4.45. The van der Waals surface area contributed by atoms with Gasteiger partial charge in [-0.2, -0.15) is 0 Å². The van der Waals surface area contributed by atoms with E-state index >= 15 is 0 Å². The molecule has 0 saturated heterocycles. The van der Waals surface area contributed by atoms with Gasteiger partial charge in [0.05, 0.1) is 26.2 Å². The van der Waals surface area contributed by atoms with E-state index in [-0.39, 0.29) is 18.9 Å². The third-order valence-corrected chi connectivity index (χ3v) is 4.45. The molecule has 2 aromatic carbocycles. The number of aromatic nitrogens is 4. The molecule has 1 aliphatic carbocycles. The molecule has 1 heterocycles. The van der Waals surface area contributed by atoms with E-state index in [1.165, 1.54) is 0 Å². The largest absolute Gasteiger partial charge is 0.497 e. The average molecular weight is 379 g/mol. The number of methoxy groups -OCH3 is 1. The fourth-order valence-electron chi connectivity index (χ4n) is 2.84. The number of rotatable bonds is 8. The van der Waals surface area contributed by atoms with Crippen LogP contribution < -0.4 is 14.8 Å². The van der Waals surface area contributed by atoms with Gasteiger partial charge in [0.25, 0.3) is 0 Å². The van der Waals surface area contributed by atoms with Crippen molar-refractivity contribution in [2.75, 3.05) is 19.0 Å². The second kappa shape index (κ2) is 8.08. The lowest BCUT2D eigenvalue weighted by Gasteiger charge is -2.09. The summed E-state index contributed by atoms with van der Waals surface area (Å²) < 4.78 is 12.6. The lowest BCUT2D eigenvalue weighted by atomic mass is 10.2. The van der Waals surface area contributed by atoms with Crippen LogP contribution in [0.25, 0.3) is 11.4 Å². The van der Waals surface area contributed by atoms with E-state index in [4.69, 9.17) is 9.47 Å². The highest BCUT2D eigenvalue weighted by Gasteiger charge is 2.28. The van der Waals surface area contributed by atoms with Crippen LogP contribution in [0.5, 0.6) is 11.5 Å². The lowest BCUT2D eigenvalue weighted by molar-refractivity contribution is -0.116. The van der Waals surface area contributed by atoms with Crippen LogP contribution >= 0.6 is 0 Å². The molecule has 3 aromatic rings. The van der Waals surface area contributed by atoms with Crippen molar-refractivity contribution in [3.05, 3.63) is 48.5 Å². The molecule has 0 unspecified atom stereocenters. The monoisotopic (exact) mass is 379 g/mol. The Kier molecular flexibility index (Phi) is 5.18. The summed E-state index contributed by atoms with van der Waals surface area (Å²) >= 11 is 0. The molecular weight excluding hydrogens is 358 g/mol. The molecule has 144 valence electrons. The predicted molar refractivity (Wildman–Crippen MR) is 103 cm³/mol. The standard InChI is InChI=1S/C20H21N5O3/c1-27-17-7-9-18(10-8-17)28-12-11-19(26)21-15-4-2-3-14(13-15)20-22-23-24-25(20)16-5-6-16/h2-4,7-10,13,16H,5-6,11-12H2,1H3,(H,21,26). The minimum atomic E-state index is -0.118. The number of anilines is 1. The van der Waals surface area contributed by atoms with Gasteiger partial charge in [0, 0.05) is 11.3 Å². The fourth-order valence-corrected chi connectivity index (χ4v) is 2.84. The van der Waals surface area contributed by atoms with E-state index in [0.717, 1.165) is 30.0 Å². The maximum atomic E-state index is 12.2. The maximum Gasteiger partial charge on any atom is 0.227 e. The molecule has 0 atom stereocenters. The van der Waals surface area contributed by atoms with E-state index in [1.807, 2.05) is 53.2 Å². The van der Waals surface area contributed by atoms with Crippen LogP contribution in [0.3, 0.4) is 0 Å². The van der Waals surface area contributed by atoms with Crippen molar-refractivity contribution in [3.63, 3.8) is 0 Å². The topological polar surface area (TPSA) is 91.2 Å². The van der Waals surface area contributed by atoms with E-state index < -0.39 is 0 Å². The van der Waals surface area contributed by atoms with Gasteiger partial charge in [-0.25, -0.2) is 4.68 Å². The molecule has 28 heavy (non-hydrogen) atoms. The number of hydrogen-bond donors (Lipinski definition) is 1. The van der Waals surface area contributed by atoms with Crippen LogP contribution in [0.2, 0.25) is 0 Å². The van der Waals surface area contributed by atoms with E-state index in [0.29, 0.717) is 17.5 Å². The molecule has 4 rings (SSSR count). The highest BCUT2D eigenvalue weighted by molar-refractivity contribution is 5.91. The third kappa shape index (κ3) is 4.28. The number of nitrogens with one attached hydrogen (secondary N) is 1. The zero-order valence-corrected chi connectivity index (χ0v) is 15.5. The minimum Gasteiger partial charge on any atom is -0.497 e. The van der Waals surface area contributed by atoms with E-state index in [2.05, 4.69) is 20.8 Å². The molecule has 0 aliphatic heterocycles. The van der Waals surface area contributed by atoms with Crippen molar-refractivity contribution in [2.24, 2.45) is 0 Å². The number of carbonyl (C=O) groups excluding carboxylic acids is 1. The number of nitrogens with zero attached hydrogens (tertiary/aromatic N) is 4. The molecule has 1 saturated carbocycles. The van der Waals surface area contributed by atoms with Gasteiger partial charge >= 0.3 is 0 Å². The zero-order valence-electron chi connectivity index (χ0n) is 15.5. The second-order valence-electron chi connectivity index (χ2n) is 6.58. The number of hydrogen-bond acceptors (Lipinski definition) is 6. The number of amides is 1. The maximum absolute atomic E-state index is 12.2. The van der Waals surface area contributed by atoms with Gasteiger partial charge in [0.2, 0.25) is 5.91 Å². The van der Waals surface area contributed by atoms with Gasteiger partial charge in [-0.05, 0) is 59.7 Å². The quantitative estimate of drug-likeness (QED) is 0.647. The van der Waals surface area contributed by atoms with Crippen molar-refractivity contribution in [1.29, 1.82) is 0 Å². The first-order chi connectivity index (χ1) is 13.7. The van der Waals surface area contributed by atoms with Gasteiger partial charge in [-0.1, -0.05) is 12.1 Å². The van der Waals surface area contributed by atoms with E-state index in [9.17, 15) is 4.79 Å². The number of tetrazole rings is 1. The highest BCUT2D eigenvalue weighted by atomic mass is 16.5. The normalized spacial score (nSPS) is 13.2. The van der Waals surface area contributed by atoms with Crippen molar-refractivity contribution in [1.82, 2.24) is 20.2 Å². The van der Waals surface area contributed by atoms with Crippen molar-refractivity contribution in [3.8, 4) is 22.9 Å². The van der Waals surface area contributed by atoms with Crippen LogP contribution in [0.15, 0.2) is 48.5 Å². The SMILES string of the molecule is COc1ccc(OCCC(=O)Nc2cccc(-c3nnnn3C3CC3)c2)cc1. The first-order valence-corrected chi connectivity index (χ1v) is 9.18. The molecule has 0 bridgehead atoms. The summed E-state index contributed by atoms with van der Waals surface area (Å²) in [6.45, 7) is 0.289. The smallest absolute Gasteiger partial charge is 0.227 e. The number of benzene rings is 2. The summed E-state index contributed by atoms with van der Waals surface area (Å²) in [5.41, 5.74) is 1.58. The Labute approximate surface area is 162 Å². The Morgan fingerprint density at radius 2 is 1.96 bits per heavy atom. The van der Waals surface area contributed by atoms with Crippen molar-refractivity contribution >= 4 is 11.6 Å². The average Bonchev–Trinajstić information content (AvgIpc) is 3.45. The van der Waals surface area contributed by atoms with Crippen LogP contribution in [-0.2, 0) is 4.79 Å². The predicted octanol–water partition coefficient (Wildman–Crippen LogP) is 3.09. The van der Waals surface area contributed by atoms with Gasteiger partial charge < -0.3 is 14.8 Å². The Balaban J connectivity index is 1.32. The second-order valence-corrected chi connectivity index (χ2v) is 6.58. The molecular formula is C20H21N5O3. The summed E-state index contributed by atoms with van der Waals surface area (Å²) in [4.78, 5) is 12.2. The number of carbonyl (C=O) groups is 1. The molecule has 1 aromatic heterocycles.